The van der Waals surface area contributed by atoms with Gasteiger partial charge in [-0.2, -0.15) is 30.4 Å². The normalized spacial score (nSPS) is 14.7. The summed E-state index contributed by atoms with van der Waals surface area (Å²) >= 11 is 0. The van der Waals surface area contributed by atoms with Crippen LogP contribution in [0.1, 0.15) is 17.2 Å². The summed E-state index contributed by atoms with van der Waals surface area (Å²) in [7, 11) is -2.88. The fraction of sp³-hybridized carbons (Fsp3) is 0.417. The molecule has 11 heteroatoms. The molecule has 0 aliphatic rings. The zero-order chi connectivity index (χ0) is 17.9. The van der Waals surface area contributed by atoms with Gasteiger partial charge in [0.2, 0.25) is 7.11 Å². The molecular formula is C12H12F5O5S+. The molecule has 0 spiro atoms. The summed E-state index contributed by atoms with van der Waals surface area (Å²) in [6.07, 6.45) is -6.07. The van der Waals surface area contributed by atoms with Crippen molar-refractivity contribution in [1.82, 2.24) is 0 Å². The number of aliphatic hydroxyl groups is 1. The maximum Gasteiger partial charge on any atom is 0.416 e. The highest BCUT2D eigenvalue weighted by Gasteiger charge is 2.48. The molecule has 0 fully saturated rings. The third kappa shape index (κ3) is 5.03. The van der Waals surface area contributed by atoms with E-state index >= 15 is 0 Å². The van der Waals surface area contributed by atoms with Gasteiger partial charge in [0.1, 0.15) is 12.7 Å². The van der Waals surface area contributed by atoms with E-state index in [9.17, 15) is 35.5 Å². The molecule has 0 bridgehead atoms. The van der Waals surface area contributed by atoms with Crippen LogP contribution in [0, 0.1) is 7.11 Å². The molecule has 1 atom stereocenters. The Morgan fingerprint density at radius 3 is 2.09 bits per heavy atom. The van der Waals surface area contributed by atoms with Gasteiger partial charge in [-0.15, -0.1) is 0 Å². The predicted molar refractivity (Wildman–Crippen MR) is 67.5 cm³/mol. The Morgan fingerprint density at radius 1 is 1.13 bits per heavy atom. The van der Waals surface area contributed by atoms with Gasteiger partial charge in [0.15, 0.2) is 0 Å². The number of hydrogen-bond acceptors (Lipinski definition) is 5. The van der Waals surface area contributed by atoms with Crippen molar-refractivity contribution in [2.24, 2.45) is 0 Å². The summed E-state index contributed by atoms with van der Waals surface area (Å²) in [5, 5.41) is 5.25. The average molecular weight is 363 g/mol. The highest BCUT2D eigenvalue weighted by atomic mass is 32.2. The molecule has 5 nitrogen and oxygen atoms in total. The van der Waals surface area contributed by atoms with Gasteiger partial charge in [-0.3, -0.25) is 0 Å². The first kappa shape index (κ1) is 19.6. The maximum absolute atomic E-state index is 13.2. The number of benzene rings is 1. The Bertz CT molecular complexity index is 612. The van der Waals surface area contributed by atoms with Crippen molar-refractivity contribution in [3.63, 3.8) is 0 Å². The smallest absolute Gasteiger partial charge is 0.386 e. The van der Waals surface area contributed by atoms with Crippen LogP contribution in [0.25, 0.3) is 0 Å². The van der Waals surface area contributed by atoms with Crippen molar-refractivity contribution in [3.05, 3.63) is 42.5 Å². The molecule has 1 aromatic rings. The van der Waals surface area contributed by atoms with Crippen LogP contribution < -0.4 is 0 Å². The molecule has 1 rings (SSSR count). The minimum absolute atomic E-state index is 0.0161. The van der Waals surface area contributed by atoms with Gasteiger partial charge < -0.3 is 9.84 Å². The lowest BCUT2D eigenvalue weighted by Crippen LogP contribution is -2.35. The summed E-state index contributed by atoms with van der Waals surface area (Å²) in [5.41, 5.74) is -0.961. The van der Waals surface area contributed by atoms with Crippen molar-refractivity contribution >= 4 is 10.1 Å². The Labute approximate surface area is 128 Å². The van der Waals surface area contributed by atoms with Crippen molar-refractivity contribution in [2.45, 2.75) is 17.5 Å². The number of aliphatic hydroxyl groups excluding tert-OH is 1. The molecule has 1 aromatic carbocycles. The van der Waals surface area contributed by atoms with Gasteiger partial charge in [0.05, 0.1) is 12.2 Å². The molecule has 0 amide bonds. The first-order chi connectivity index (χ1) is 10.4. The quantitative estimate of drug-likeness (QED) is 0.458. The minimum atomic E-state index is -5.26. The first-order valence-corrected chi connectivity index (χ1v) is 7.30. The molecule has 1 N–H and O–H groups in total. The Balaban J connectivity index is 2.63. The SMILES string of the molecule is [CH2+]OS(=O)(=O)C(F)(F)COCC(O)c1ccc(C(F)(F)F)cc1. The van der Waals surface area contributed by atoms with Crippen molar-refractivity contribution in [3.8, 4) is 0 Å². The second kappa shape index (κ2) is 6.99. The van der Waals surface area contributed by atoms with Crippen molar-refractivity contribution < 1.29 is 44.4 Å². The third-order valence-electron chi connectivity index (χ3n) is 2.69. The molecule has 130 valence electrons. The summed E-state index contributed by atoms with van der Waals surface area (Å²) in [6.45, 7) is -2.36. The molecule has 23 heavy (non-hydrogen) atoms. The number of rotatable bonds is 7. The summed E-state index contributed by atoms with van der Waals surface area (Å²) < 4.78 is 92.8. The topological polar surface area (TPSA) is 72.8 Å². The number of alkyl halides is 5. The van der Waals surface area contributed by atoms with Crippen LogP contribution in [0.15, 0.2) is 24.3 Å². The molecule has 0 aliphatic heterocycles. The Kier molecular flexibility index (Phi) is 5.96. The van der Waals surface area contributed by atoms with E-state index in [1.165, 1.54) is 0 Å². The molecule has 0 heterocycles. The van der Waals surface area contributed by atoms with Crippen molar-refractivity contribution in [1.29, 1.82) is 0 Å². The van der Waals surface area contributed by atoms with Gasteiger partial charge >= 0.3 is 21.5 Å². The van der Waals surface area contributed by atoms with Gasteiger partial charge in [-0.25, -0.2) is 0 Å². The van der Waals surface area contributed by atoms with Crippen LogP contribution in [-0.2, 0) is 25.2 Å². The fourth-order valence-electron chi connectivity index (χ4n) is 1.44. The third-order valence-corrected chi connectivity index (χ3v) is 3.85. The van der Waals surface area contributed by atoms with Crippen LogP contribution in [0.2, 0.25) is 0 Å². The average Bonchev–Trinajstić information content (AvgIpc) is 2.46. The number of halogens is 5. The second-order valence-electron chi connectivity index (χ2n) is 4.36. The zero-order valence-electron chi connectivity index (χ0n) is 11.4. The highest BCUT2D eigenvalue weighted by Crippen LogP contribution is 2.30. The lowest BCUT2D eigenvalue weighted by Gasteiger charge is -2.16. The van der Waals surface area contributed by atoms with Gasteiger partial charge in [0.25, 0.3) is 0 Å². The van der Waals surface area contributed by atoms with Crippen LogP contribution in [-0.4, -0.2) is 32.0 Å². The largest absolute Gasteiger partial charge is 0.416 e. The highest BCUT2D eigenvalue weighted by molar-refractivity contribution is 7.87. The molecule has 0 radical (unpaired) electrons. The first-order valence-electron chi connectivity index (χ1n) is 5.90. The monoisotopic (exact) mass is 363 g/mol. The van der Waals surface area contributed by atoms with E-state index in [-0.39, 0.29) is 5.56 Å². The van der Waals surface area contributed by atoms with Gasteiger partial charge in [-0.05, 0) is 17.7 Å². The molecule has 0 aliphatic carbocycles. The second-order valence-corrected chi connectivity index (χ2v) is 6.10. The van der Waals surface area contributed by atoms with E-state index in [1.54, 1.807) is 0 Å². The van der Waals surface area contributed by atoms with Crippen LogP contribution in [0.4, 0.5) is 22.0 Å². The van der Waals surface area contributed by atoms with E-state index in [0.717, 1.165) is 12.1 Å². The van der Waals surface area contributed by atoms with E-state index in [2.05, 4.69) is 16.0 Å². The van der Waals surface area contributed by atoms with Crippen LogP contribution in [0.5, 0.6) is 0 Å². The zero-order valence-corrected chi connectivity index (χ0v) is 12.2. The molecule has 0 saturated heterocycles. The maximum atomic E-state index is 13.2. The molecular weight excluding hydrogens is 351 g/mol. The lowest BCUT2D eigenvalue weighted by atomic mass is 10.1. The summed E-state index contributed by atoms with van der Waals surface area (Å²) in [4.78, 5) is 0. The number of ether oxygens (including phenoxy) is 1. The molecule has 0 aromatic heterocycles. The van der Waals surface area contributed by atoms with E-state index in [1.807, 2.05) is 0 Å². The van der Waals surface area contributed by atoms with Gasteiger partial charge in [0, 0.05) is 0 Å². The Morgan fingerprint density at radius 2 is 1.65 bits per heavy atom. The minimum Gasteiger partial charge on any atom is -0.386 e. The van der Waals surface area contributed by atoms with E-state index < -0.39 is 46.4 Å². The van der Waals surface area contributed by atoms with Crippen LogP contribution >= 0.6 is 0 Å². The van der Waals surface area contributed by atoms with Crippen LogP contribution in [0.3, 0.4) is 0 Å². The summed E-state index contributed by atoms with van der Waals surface area (Å²) in [6, 6.07) is 3.30. The Hall–Kier alpha value is -1.43. The van der Waals surface area contributed by atoms with Gasteiger partial charge in [-0.1, -0.05) is 16.3 Å². The standard InChI is InChI=1S/C12H12F5O5S/c1-21-23(19,20)11(13,14)7-22-6-10(18)8-2-4-9(5-3-8)12(15,16)17/h2-5,10,18H,1,6-7H2/q+1. The lowest BCUT2D eigenvalue weighted by molar-refractivity contribution is -0.137. The van der Waals surface area contributed by atoms with E-state index in [4.69, 9.17) is 0 Å². The molecule has 0 saturated carbocycles. The molecule has 1 unspecified atom stereocenters. The van der Waals surface area contributed by atoms with E-state index in [0.29, 0.717) is 12.1 Å². The predicted octanol–water partition coefficient (Wildman–Crippen LogP) is 2.49. The number of hydrogen-bond donors (Lipinski definition) is 1. The fourth-order valence-corrected chi connectivity index (χ4v) is 1.84. The van der Waals surface area contributed by atoms with Crippen molar-refractivity contribution in [2.75, 3.05) is 13.2 Å². The summed E-state index contributed by atoms with van der Waals surface area (Å²) in [5.74, 6) is 0.